The number of hydrogen-bond acceptors (Lipinski definition) is 0. The topological polar surface area (TPSA) is 0 Å². The van der Waals surface area contributed by atoms with Gasteiger partial charge in [-0.3, -0.25) is 0 Å². The molecule has 0 nitrogen and oxygen atoms in total. The van der Waals surface area contributed by atoms with E-state index in [0.29, 0.717) is 5.92 Å². The van der Waals surface area contributed by atoms with E-state index in [1.807, 2.05) is 0 Å². The highest BCUT2D eigenvalue weighted by Crippen LogP contribution is 2.23. The van der Waals surface area contributed by atoms with E-state index < -0.39 is 0 Å². The van der Waals surface area contributed by atoms with Crippen molar-refractivity contribution in [1.82, 2.24) is 0 Å². The van der Waals surface area contributed by atoms with Crippen LogP contribution in [-0.2, 0) is 0 Å². The smallest absolute Gasteiger partial charge is 0.0220 e. The Bertz CT molecular complexity index is 98.2. The molecule has 0 aromatic heterocycles. The molecule has 0 aliphatic heterocycles. The number of terminal acetylenes is 1. The highest BCUT2D eigenvalue weighted by Gasteiger charge is 2.16. The van der Waals surface area contributed by atoms with E-state index in [1.165, 1.54) is 0 Å². The summed E-state index contributed by atoms with van der Waals surface area (Å²) in [7, 11) is 0. The van der Waals surface area contributed by atoms with Crippen molar-refractivity contribution < 1.29 is 0 Å². The fourth-order valence-electron chi connectivity index (χ4n) is 0.250. The van der Waals surface area contributed by atoms with Gasteiger partial charge in [-0.2, -0.15) is 0 Å². The molecule has 0 saturated carbocycles. The second-order valence-electron chi connectivity index (χ2n) is 3.25. The lowest BCUT2D eigenvalue weighted by atomic mass is 9.83. The minimum absolute atomic E-state index is 0.273. The molecule has 0 spiro atoms. The molecule has 0 heterocycles. The molecule has 0 aliphatic rings. The molecule has 8 heavy (non-hydrogen) atoms. The van der Waals surface area contributed by atoms with Crippen LogP contribution in [0.2, 0.25) is 0 Å². The molecule has 0 aromatic rings. The molecule has 0 amide bonds. The third-order valence-electron chi connectivity index (χ3n) is 1.55. The first kappa shape index (κ1) is 7.56. The molecular weight excluding hydrogens is 96.1 g/mol. The summed E-state index contributed by atoms with van der Waals surface area (Å²) in [5.41, 5.74) is 0.273. The molecule has 1 unspecified atom stereocenters. The predicted molar refractivity (Wildman–Crippen MR) is 37.5 cm³/mol. The van der Waals surface area contributed by atoms with Crippen molar-refractivity contribution in [2.24, 2.45) is 11.3 Å². The molecule has 1 atom stereocenters. The van der Waals surface area contributed by atoms with Gasteiger partial charge in [0.2, 0.25) is 0 Å². The van der Waals surface area contributed by atoms with Crippen molar-refractivity contribution in [3.63, 3.8) is 0 Å². The summed E-state index contributed by atoms with van der Waals surface area (Å²) in [6.07, 6.45) is 5.21. The van der Waals surface area contributed by atoms with Crippen molar-refractivity contribution in [3.8, 4) is 12.3 Å². The van der Waals surface area contributed by atoms with Gasteiger partial charge in [0.15, 0.2) is 0 Å². The molecule has 46 valence electrons. The van der Waals surface area contributed by atoms with Gasteiger partial charge in [-0.05, 0) is 5.41 Å². The molecule has 0 radical (unpaired) electrons. The first-order chi connectivity index (χ1) is 3.48. The molecule has 0 aliphatic carbocycles. The van der Waals surface area contributed by atoms with Crippen LogP contribution in [0, 0.1) is 23.7 Å². The predicted octanol–water partition coefficient (Wildman–Crippen LogP) is 2.30. The van der Waals surface area contributed by atoms with Gasteiger partial charge in [0, 0.05) is 5.92 Å². The van der Waals surface area contributed by atoms with Crippen LogP contribution in [0.15, 0.2) is 0 Å². The van der Waals surface area contributed by atoms with E-state index in [2.05, 4.69) is 33.6 Å². The van der Waals surface area contributed by atoms with Gasteiger partial charge in [-0.15, -0.1) is 12.3 Å². The normalized spacial score (nSPS) is 14.9. The van der Waals surface area contributed by atoms with Gasteiger partial charge >= 0.3 is 0 Å². The second kappa shape index (κ2) is 2.22. The third kappa shape index (κ3) is 2.02. The van der Waals surface area contributed by atoms with Crippen LogP contribution in [-0.4, -0.2) is 0 Å². The minimum Gasteiger partial charge on any atom is -0.120 e. The summed E-state index contributed by atoms with van der Waals surface area (Å²) in [5.74, 6) is 3.08. The zero-order valence-electron chi connectivity index (χ0n) is 6.15. The van der Waals surface area contributed by atoms with Gasteiger partial charge in [-0.25, -0.2) is 0 Å². The van der Waals surface area contributed by atoms with E-state index in [4.69, 9.17) is 6.42 Å². The molecule has 0 saturated heterocycles. The van der Waals surface area contributed by atoms with E-state index in [0.717, 1.165) is 0 Å². The Morgan fingerprint density at radius 2 is 1.75 bits per heavy atom. The molecule has 0 heteroatoms. The fraction of sp³-hybridized carbons (Fsp3) is 0.750. The zero-order valence-corrected chi connectivity index (χ0v) is 6.15. The van der Waals surface area contributed by atoms with Gasteiger partial charge in [-0.1, -0.05) is 27.7 Å². The summed E-state index contributed by atoms with van der Waals surface area (Å²) in [6, 6.07) is 0. The maximum atomic E-state index is 5.21. The Balaban J connectivity index is 3.87. The molecular formula is C8H14. The van der Waals surface area contributed by atoms with Crippen LogP contribution in [0.5, 0.6) is 0 Å². The van der Waals surface area contributed by atoms with E-state index >= 15 is 0 Å². The zero-order chi connectivity index (χ0) is 6.78. The van der Waals surface area contributed by atoms with Crippen molar-refractivity contribution in [2.75, 3.05) is 0 Å². The maximum Gasteiger partial charge on any atom is 0.0220 e. The lowest BCUT2D eigenvalue weighted by molar-refractivity contribution is 0.324. The summed E-state index contributed by atoms with van der Waals surface area (Å²) in [5, 5.41) is 0. The quantitative estimate of drug-likeness (QED) is 0.420. The molecule has 0 N–H and O–H groups in total. The summed E-state index contributed by atoms with van der Waals surface area (Å²) in [4.78, 5) is 0. The van der Waals surface area contributed by atoms with Gasteiger partial charge in [0.05, 0.1) is 0 Å². The van der Waals surface area contributed by atoms with Crippen LogP contribution in [0.25, 0.3) is 0 Å². The average molecular weight is 110 g/mol. The van der Waals surface area contributed by atoms with Crippen molar-refractivity contribution >= 4 is 0 Å². The van der Waals surface area contributed by atoms with Crippen molar-refractivity contribution in [3.05, 3.63) is 0 Å². The lowest BCUT2D eigenvalue weighted by Crippen LogP contribution is -2.14. The summed E-state index contributed by atoms with van der Waals surface area (Å²) >= 11 is 0. The second-order valence-corrected chi connectivity index (χ2v) is 3.25. The van der Waals surface area contributed by atoms with Gasteiger partial charge < -0.3 is 0 Å². The van der Waals surface area contributed by atoms with E-state index in [9.17, 15) is 0 Å². The molecule has 0 fully saturated rings. The lowest BCUT2D eigenvalue weighted by Gasteiger charge is -2.21. The van der Waals surface area contributed by atoms with E-state index in [-0.39, 0.29) is 5.41 Å². The largest absolute Gasteiger partial charge is 0.120 e. The molecule has 0 rings (SSSR count). The Hall–Kier alpha value is -0.440. The van der Waals surface area contributed by atoms with Crippen LogP contribution < -0.4 is 0 Å². The maximum absolute atomic E-state index is 5.21. The SMILES string of the molecule is C#CC(C)C(C)(C)C. The first-order valence-electron chi connectivity index (χ1n) is 2.94. The van der Waals surface area contributed by atoms with Crippen LogP contribution in [0.4, 0.5) is 0 Å². The molecule has 0 bridgehead atoms. The van der Waals surface area contributed by atoms with E-state index in [1.54, 1.807) is 0 Å². The van der Waals surface area contributed by atoms with Gasteiger partial charge in [0.1, 0.15) is 0 Å². The standard InChI is InChI=1S/C8H14/c1-6-7(2)8(3,4)5/h1,7H,2-5H3. The van der Waals surface area contributed by atoms with Crippen LogP contribution in [0.3, 0.4) is 0 Å². The Labute approximate surface area is 52.3 Å². The highest BCUT2D eigenvalue weighted by molar-refractivity contribution is 4.95. The average Bonchev–Trinajstić information content (AvgIpc) is 1.62. The van der Waals surface area contributed by atoms with Crippen LogP contribution in [0.1, 0.15) is 27.7 Å². The monoisotopic (exact) mass is 110 g/mol. The van der Waals surface area contributed by atoms with Crippen molar-refractivity contribution in [2.45, 2.75) is 27.7 Å². The summed E-state index contributed by atoms with van der Waals surface area (Å²) in [6.45, 7) is 8.52. The van der Waals surface area contributed by atoms with Crippen LogP contribution >= 0.6 is 0 Å². The fourth-order valence-corrected chi connectivity index (χ4v) is 0.250. The highest BCUT2D eigenvalue weighted by atomic mass is 14.2. The molecule has 0 aromatic carbocycles. The minimum atomic E-state index is 0.273. The first-order valence-corrected chi connectivity index (χ1v) is 2.94. The summed E-state index contributed by atoms with van der Waals surface area (Å²) < 4.78 is 0. The Morgan fingerprint density at radius 1 is 1.38 bits per heavy atom. The third-order valence-corrected chi connectivity index (χ3v) is 1.55. The number of hydrogen-bond donors (Lipinski definition) is 0. The number of rotatable bonds is 0. The Morgan fingerprint density at radius 3 is 1.75 bits per heavy atom. The van der Waals surface area contributed by atoms with Gasteiger partial charge in [0.25, 0.3) is 0 Å². The Kier molecular flexibility index (Phi) is 2.10. The van der Waals surface area contributed by atoms with Crippen molar-refractivity contribution in [1.29, 1.82) is 0 Å².